The number of anilines is 2. The number of rotatable bonds is 6. The molecule has 1 amide bonds. The van der Waals surface area contributed by atoms with Gasteiger partial charge >= 0.3 is 0 Å². The number of hydrogen-bond acceptors (Lipinski definition) is 5. The molecule has 110 valence electrons. The fourth-order valence-corrected chi connectivity index (χ4v) is 1.77. The molecule has 2 rings (SSSR count). The number of carbonyl (C=O) groups excluding carboxylic acids is 1. The van der Waals surface area contributed by atoms with Gasteiger partial charge in [-0.2, -0.15) is 0 Å². The molecule has 0 saturated heterocycles. The summed E-state index contributed by atoms with van der Waals surface area (Å²) in [6, 6.07) is 11.0. The molecule has 0 radical (unpaired) electrons. The van der Waals surface area contributed by atoms with Crippen LogP contribution in [0.3, 0.4) is 0 Å². The van der Waals surface area contributed by atoms with Crippen LogP contribution >= 0.6 is 0 Å². The van der Waals surface area contributed by atoms with Crippen molar-refractivity contribution < 1.29 is 9.53 Å². The van der Waals surface area contributed by atoms with E-state index in [1.165, 1.54) is 0 Å². The van der Waals surface area contributed by atoms with Gasteiger partial charge in [0.05, 0.1) is 6.61 Å². The summed E-state index contributed by atoms with van der Waals surface area (Å²) < 4.78 is 4.94. The molecule has 1 N–H and O–H groups in total. The second-order valence-electron chi connectivity index (χ2n) is 4.38. The molecular formula is C15H18N4O2. The maximum atomic E-state index is 12.4. The molecule has 6 heteroatoms. The zero-order valence-electron chi connectivity index (χ0n) is 12.1. The summed E-state index contributed by atoms with van der Waals surface area (Å²) in [5.41, 5.74) is 1.16. The van der Waals surface area contributed by atoms with Crippen molar-refractivity contribution in [2.45, 2.75) is 0 Å². The molecule has 0 fully saturated rings. The number of nitrogens with one attached hydrogen (secondary N) is 1. The van der Waals surface area contributed by atoms with Crippen LogP contribution in [0.4, 0.5) is 11.6 Å². The lowest BCUT2D eigenvalue weighted by molar-refractivity contribution is 0.0988. The van der Waals surface area contributed by atoms with Crippen molar-refractivity contribution in [1.29, 1.82) is 0 Å². The third-order valence-corrected chi connectivity index (χ3v) is 2.91. The van der Waals surface area contributed by atoms with Crippen molar-refractivity contribution >= 4 is 17.5 Å². The summed E-state index contributed by atoms with van der Waals surface area (Å²) in [5.74, 6) is 0.234. The molecule has 0 bridgehead atoms. The van der Waals surface area contributed by atoms with Crippen molar-refractivity contribution in [3.05, 3.63) is 48.3 Å². The van der Waals surface area contributed by atoms with Crippen LogP contribution in [-0.4, -0.2) is 43.2 Å². The Morgan fingerprint density at radius 2 is 2.05 bits per heavy atom. The van der Waals surface area contributed by atoms with Crippen LogP contribution < -0.4 is 10.2 Å². The predicted octanol–water partition coefficient (Wildman–Crippen LogP) is 1.81. The Bertz CT molecular complexity index is 589. The molecule has 0 saturated carbocycles. The van der Waals surface area contributed by atoms with Gasteiger partial charge in [0.2, 0.25) is 5.95 Å². The summed E-state index contributed by atoms with van der Waals surface area (Å²) in [7, 11) is 3.34. The SMILES string of the molecule is COCCNc1nccc(C(=O)N(C)c2ccccc2)n1. The minimum atomic E-state index is -0.182. The first-order chi connectivity index (χ1) is 10.2. The third-order valence-electron chi connectivity index (χ3n) is 2.91. The first-order valence-corrected chi connectivity index (χ1v) is 6.61. The lowest BCUT2D eigenvalue weighted by Crippen LogP contribution is -2.27. The fourth-order valence-electron chi connectivity index (χ4n) is 1.77. The van der Waals surface area contributed by atoms with Crippen molar-refractivity contribution in [2.24, 2.45) is 0 Å². The predicted molar refractivity (Wildman–Crippen MR) is 81.6 cm³/mol. The first kappa shape index (κ1) is 14.9. The van der Waals surface area contributed by atoms with Gasteiger partial charge in [-0.15, -0.1) is 0 Å². The van der Waals surface area contributed by atoms with E-state index in [4.69, 9.17) is 4.74 Å². The quantitative estimate of drug-likeness (QED) is 0.820. The molecule has 0 spiro atoms. The highest BCUT2D eigenvalue weighted by Gasteiger charge is 2.15. The van der Waals surface area contributed by atoms with Crippen molar-refractivity contribution in [2.75, 3.05) is 37.5 Å². The number of amides is 1. The molecule has 1 aromatic carbocycles. The molecule has 2 aromatic rings. The molecule has 1 heterocycles. The molecule has 0 aliphatic heterocycles. The molecule has 0 unspecified atom stereocenters. The number of hydrogen-bond donors (Lipinski definition) is 1. The van der Waals surface area contributed by atoms with Crippen molar-refractivity contribution in [1.82, 2.24) is 9.97 Å². The number of para-hydroxylation sites is 1. The van der Waals surface area contributed by atoms with Gasteiger partial charge in [-0.25, -0.2) is 9.97 Å². The lowest BCUT2D eigenvalue weighted by Gasteiger charge is -2.16. The molecule has 1 aromatic heterocycles. The van der Waals surface area contributed by atoms with E-state index in [9.17, 15) is 4.79 Å². The largest absolute Gasteiger partial charge is 0.383 e. The van der Waals surface area contributed by atoms with E-state index in [2.05, 4.69) is 15.3 Å². The summed E-state index contributed by atoms with van der Waals surface area (Å²) in [6.45, 7) is 1.13. The number of ether oxygens (including phenoxy) is 1. The number of carbonyl (C=O) groups is 1. The smallest absolute Gasteiger partial charge is 0.276 e. The minimum absolute atomic E-state index is 0.182. The van der Waals surface area contributed by atoms with Crippen LogP contribution in [0.25, 0.3) is 0 Å². The van der Waals surface area contributed by atoms with Crippen molar-refractivity contribution in [3.8, 4) is 0 Å². The summed E-state index contributed by atoms with van der Waals surface area (Å²) >= 11 is 0. The first-order valence-electron chi connectivity index (χ1n) is 6.61. The standard InChI is InChI=1S/C15H18N4O2/c1-19(12-6-4-3-5-7-12)14(20)13-8-9-16-15(18-13)17-10-11-21-2/h3-9H,10-11H2,1-2H3,(H,16,17,18). The minimum Gasteiger partial charge on any atom is -0.383 e. The molecule has 0 aliphatic rings. The normalized spacial score (nSPS) is 10.2. The van der Waals surface area contributed by atoms with Crippen LogP contribution in [0.2, 0.25) is 0 Å². The summed E-state index contributed by atoms with van der Waals surface area (Å²) in [6.07, 6.45) is 1.56. The Hall–Kier alpha value is -2.47. The summed E-state index contributed by atoms with van der Waals surface area (Å²) in [5, 5.41) is 3.00. The molecule has 0 atom stereocenters. The van der Waals surface area contributed by atoms with Gasteiger partial charge in [0.1, 0.15) is 5.69 Å². The van der Waals surface area contributed by atoms with Crippen LogP contribution in [0, 0.1) is 0 Å². The lowest BCUT2D eigenvalue weighted by atomic mass is 10.2. The van der Waals surface area contributed by atoms with E-state index >= 15 is 0 Å². The van der Waals surface area contributed by atoms with Gasteiger partial charge in [0, 0.05) is 32.6 Å². The third kappa shape index (κ3) is 4.00. The van der Waals surface area contributed by atoms with Gasteiger partial charge in [-0.05, 0) is 18.2 Å². The van der Waals surface area contributed by atoms with E-state index < -0.39 is 0 Å². The van der Waals surface area contributed by atoms with Crippen LogP contribution in [0.5, 0.6) is 0 Å². The van der Waals surface area contributed by atoms with E-state index in [1.54, 1.807) is 31.3 Å². The second kappa shape index (κ2) is 7.35. The van der Waals surface area contributed by atoms with Crippen LogP contribution in [0.15, 0.2) is 42.6 Å². The Morgan fingerprint density at radius 3 is 2.76 bits per heavy atom. The monoisotopic (exact) mass is 286 g/mol. The highest BCUT2D eigenvalue weighted by molar-refractivity contribution is 6.04. The Morgan fingerprint density at radius 1 is 1.29 bits per heavy atom. The van der Waals surface area contributed by atoms with Crippen LogP contribution in [-0.2, 0) is 4.74 Å². The average molecular weight is 286 g/mol. The van der Waals surface area contributed by atoms with E-state index in [1.807, 2.05) is 30.3 Å². The van der Waals surface area contributed by atoms with Gasteiger partial charge in [0.25, 0.3) is 5.91 Å². The number of nitrogens with zero attached hydrogens (tertiary/aromatic N) is 3. The number of aromatic nitrogens is 2. The Labute approximate surface area is 123 Å². The highest BCUT2D eigenvalue weighted by atomic mass is 16.5. The topological polar surface area (TPSA) is 67.3 Å². The Balaban J connectivity index is 2.10. The maximum Gasteiger partial charge on any atom is 0.276 e. The van der Waals surface area contributed by atoms with Gasteiger partial charge in [-0.3, -0.25) is 4.79 Å². The average Bonchev–Trinajstić information content (AvgIpc) is 2.55. The van der Waals surface area contributed by atoms with Crippen molar-refractivity contribution in [3.63, 3.8) is 0 Å². The molecule has 0 aliphatic carbocycles. The maximum absolute atomic E-state index is 12.4. The number of methoxy groups -OCH3 is 1. The highest BCUT2D eigenvalue weighted by Crippen LogP contribution is 2.14. The zero-order chi connectivity index (χ0) is 15.1. The van der Waals surface area contributed by atoms with Gasteiger partial charge < -0.3 is 15.0 Å². The van der Waals surface area contributed by atoms with E-state index in [0.29, 0.717) is 24.8 Å². The number of benzene rings is 1. The summed E-state index contributed by atoms with van der Waals surface area (Å²) in [4.78, 5) is 22.3. The molecular weight excluding hydrogens is 268 g/mol. The second-order valence-corrected chi connectivity index (χ2v) is 4.38. The van der Waals surface area contributed by atoms with Crippen LogP contribution in [0.1, 0.15) is 10.5 Å². The zero-order valence-corrected chi connectivity index (χ0v) is 12.1. The fraction of sp³-hybridized carbons (Fsp3) is 0.267. The van der Waals surface area contributed by atoms with Gasteiger partial charge in [-0.1, -0.05) is 18.2 Å². The van der Waals surface area contributed by atoms with E-state index in [0.717, 1.165) is 5.69 Å². The van der Waals surface area contributed by atoms with E-state index in [-0.39, 0.29) is 5.91 Å². The Kier molecular flexibility index (Phi) is 5.22. The molecule has 21 heavy (non-hydrogen) atoms. The van der Waals surface area contributed by atoms with Gasteiger partial charge in [0.15, 0.2) is 0 Å². The molecule has 6 nitrogen and oxygen atoms in total.